The summed E-state index contributed by atoms with van der Waals surface area (Å²) in [4.78, 5) is 0. The molecule has 0 aliphatic carbocycles. The predicted octanol–water partition coefficient (Wildman–Crippen LogP) is 10.0. The third-order valence-electron chi connectivity index (χ3n) is 11.2. The maximum Gasteiger partial charge on any atom is 0.250 e. The van der Waals surface area contributed by atoms with Gasteiger partial charge in [0.05, 0.1) is 27.3 Å². The van der Waals surface area contributed by atoms with Gasteiger partial charge in [-0.25, -0.2) is 4.57 Å². The van der Waals surface area contributed by atoms with Crippen LogP contribution in [-0.2, 0) is 7.05 Å². The van der Waals surface area contributed by atoms with E-state index in [2.05, 4.69) is 210 Å². The van der Waals surface area contributed by atoms with Gasteiger partial charge in [0.15, 0.2) is 18.6 Å². The Hall–Kier alpha value is -6.45. The Morgan fingerprint density at radius 3 is 1.67 bits per heavy atom. The molecule has 0 spiro atoms. The molecule has 0 saturated heterocycles. The number of pyridine rings is 3. The Kier molecular flexibility index (Phi) is 7.07. The highest BCUT2D eigenvalue weighted by Gasteiger charge is 2.50. The van der Waals surface area contributed by atoms with Gasteiger partial charge in [0.2, 0.25) is 29.2 Å². The number of nitrogens with zero attached hydrogens (tertiary/aromatic N) is 3. The minimum Gasteiger partial charge on any atom is -0.200 e. The first-order chi connectivity index (χ1) is 25.7. The van der Waals surface area contributed by atoms with Crippen LogP contribution in [0.3, 0.4) is 0 Å². The van der Waals surface area contributed by atoms with Crippen molar-refractivity contribution in [1.29, 1.82) is 0 Å². The Bertz CT molecular complexity index is 2850. The third-order valence-corrected chi connectivity index (χ3v) is 11.2. The van der Waals surface area contributed by atoms with E-state index in [1.807, 2.05) is 0 Å². The fourth-order valence-corrected chi connectivity index (χ4v) is 8.87. The van der Waals surface area contributed by atoms with Crippen LogP contribution < -0.4 is 13.7 Å². The third kappa shape index (κ3) is 4.63. The summed E-state index contributed by atoms with van der Waals surface area (Å²) >= 11 is 0. The predicted molar refractivity (Wildman–Crippen MR) is 211 cm³/mol. The number of rotatable bonds is 5. The van der Waals surface area contributed by atoms with Gasteiger partial charge in [-0.1, -0.05) is 109 Å². The SMILES string of the molecule is Cc1ccccc1-c1c2ccccc2cc[n+]1C(c1ccccc1-c1c2ccccc2cc[n+]1C)C1c2ccccc2-c2c3ccccc3cc[n+]21. The molecule has 6 aromatic carbocycles. The largest absolute Gasteiger partial charge is 0.250 e. The van der Waals surface area contributed by atoms with Crippen LogP contribution in [0.15, 0.2) is 182 Å². The van der Waals surface area contributed by atoms with Crippen molar-refractivity contribution in [3.63, 3.8) is 0 Å². The molecule has 0 radical (unpaired) electrons. The zero-order valence-corrected chi connectivity index (χ0v) is 29.3. The van der Waals surface area contributed by atoms with Crippen LogP contribution >= 0.6 is 0 Å². The molecule has 2 unspecified atom stereocenters. The van der Waals surface area contributed by atoms with Gasteiger partial charge in [-0.15, -0.1) is 0 Å². The molecular formula is C49H38N3+3. The minimum absolute atomic E-state index is 0.0360. The van der Waals surface area contributed by atoms with Gasteiger partial charge in [0.25, 0.3) is 0 Å². The molecule has 0 fully saturated rings. The standard InChI is InChI=1S/C49H38N3/c1-33-15-3-7-19-37(33)46-39-21-9-5-17-35(39)28-31-51(46)48(43-25-13-11-23-41(43)45-38-20-8-4-16-34(38)27-30-50(45)2)49-44-26-14-12-24-42(44)47-40-22-10-6-18-36(40)29-32-52(47)49/h3-32,48-49H,1-2H3/q+3. The normalized spacial score (nSPS) is 14.1. The van der Waals surface area contributed by atoms with Crippen LogP contribution in [0.4, 0.5) is 0 Å². The van der Waals surface area contributed by atoms with Crippen molar-refractivity contribution < 1.29 is 13.7 Å². The van der Waals surface area contributed by atoms with E-state index in [-0.39, 0.29) is 12.1 Å². The zero-order valence-electron chi connectivity index (χ0n) is 29.3. The second-order valence-corrected chi connectivity index (χ2v) is 14.1. The molecule has 3 aromatic heterocycles. The van der Waals surface area contributed by atoms with E-state index in [0.717, 1.165) is 0 Å². The molecule has 10 rings (SSSR count). The van der Waals surface area contributed by atoms with Crippen molar-refractivity contribution in [3.05, 3.63) is 199 Å². The number of benzene rings is 6. The van der Waals surface area contributed by atoms with E-state index in [9.17, 15) is 0 Å². The van der Waals surface area contributed by atoms with E-state index < -0.39 is 0 Å². The monoisotopic (exact) mass is 668 g/mol. The molecule has 3 heteroatoms. The van der Waals surface area contributed by atoms with Crippen molar-refractivity contribution in [2.24, 2.45) is 7.05 Å². The molecule has 0 bridgehead atoms. The average molecular weight is 669 g/mol. The Balaban J connectivity index is 1.36. The molecule has 1 aliphatic rings. The highest BCUT2D eigenvalue weighted by atomic mass is 15.1. The van der Waals surface area contributed by atoms with Crippen molar-refractivity contribution in [2.75, 3.05) is 0 Å². The molecule has 4 heterocycles. The smallest absolute Gasteiger partial charge is 0.200 e. The summed E-state index contributed by atoms with van der Waals surface area (Å²) in [7, 11) is 2.18. The lowest BCUT2D eigenvalue weighted by Crippen LogP contribution is -2.53. The Labute approximate surface area is 304 Å². The first-order valence-corrected chi connectivity index (χ1v) is 18.1. The van der Waals surface area contributed by atoms with Crippen molar-refractivity contribution >= 4 is 32.3 Å². The van der Waals surface area contributed by atoms with E-state index in [4.69, 9.17) is 0 Å². The van der Waals surface area contributed by atoms with Gasteiger partial charge >= 0.3 is 0 Å². The van der Waals surface area contributed by atoms with Crippen LogP contribution in [0, 0.1) is 6.92 Å². The van der Waals surface area contributed by atoms with Gasteiger partial charge in [-0.3, -0.25) is 0 Å². The molecule has 1 aliphatic heterocycles. The Morgan fingerprint density at radius 1 is 0.442 bits per heavy atom. The molecule has 0 amide bonds. The van der Waals surface area contributed by atoms with Crippen LogP contribution in [0.25, 0.3) is 66.1 Å². The van der Waals surface area contributed by atoms with E-state index >= 15 is 0 Å². The highest BCUT2D eigenvalue weighted by Crippen LogP contribution is 2.45. The summed E-state index contributed by atoms with van der Waals surface area (Å²) < 4.78 is 7.44. The van der Waals surface area contributed by atoms with E-state index in [1.54, 1.807) is 0 Å². The first-order valence-electron chi connectivity index (χ1n) is 18.1. The minimum atomic E-state index is -0.122. The van der Waals surface area contributed by atoms with Crippen LogP contribution in [0.1, 0.15) is 28.8 Å². The van der Waals surface area contributed by atoms with Gasteiger partial charge in [0, 0.05) is 34.9 Å². The topological polar surface area (TPSA) is 11.6 Å². The number of fused-ring (bicyclic) bond motifs is 7. The quantitative estimate of drug-likeness (QED) is 0.162. The van der Waals surface area contributed by atoms with Crippen LogP contribution in [0.2, 0.25) is 0 Å². The molecule has 0 N–H and O–H groups in total. The lowest BCUT2D eigenvalue weighted by Gasteiger charge is -2.23. The number of hydrogen-bond donors (Lipinski definition) is 0. The summed E-state index contributed by atoms with van der Waals surface area (Å²) in [6, 6.07) is 60.1. The molecule has 2 atom stereocenters. The molecule has 0 saturated carbocycles. The number of aromatic nitrogens is 3. The van der Waals surface area contributed by atoms with Gasteiger partial charge < -0.3 is 0 Å². The second-order valence-electron chi connectivity index (χ2n) is 14.1. The highest BCUT2D eigenvalue weighted by molar-refractivity contribution is 5.96. The van der Waals surface area contributed by atoms with E-state index in [0.29, 0.717) is 0 Å². The Morgan fingerprint density at radius 2 is 0.962 bits per heavy atom. The van der Waals surface area contributed by atoms with Crippen molar-refractivity contribution in [3.8, 4) is 33.8 Å². The fourth-order valence-electron chi connectivity index (χ4n) is 8.87. The summed E-state index contributed by atoms with van der Waals surface area (Å²) in [5, 5.41) is 7.48. The maximum absolute atomic E-state index is 2.59. The average Bonchev–Trinajstić information content (AvgIpc) is 3.53. The van der Waals surface area contributed by atoms with Gasteiger partial charge in [-0.05, 0) is 65.0 Å². The summed E-state index contributed by atoms with van der Waals surface area (Å²) in [5.74, 6) is 0. The van der Waals surface area contributed by atoms with Crippen LogP contribution in [0.5, 0.6) is 0 Å². The second kappa shape index (κ2) is 12.1. The summed E-state index contributed by atoms with van der Waals surface area (Å²) in [5.41, 5.74) is 11.3. The molecular weight excluding hydrogens is 631 g/mol. The van der Waals surface area contributed by atoms with Gasteiger partial charge in [0.1, 0.15) is 7.05 Å². The van der Waals surface area contributed by atoms with Gasteiger partial charge in [-0.2, -0.15) is 9.13 Å². The molecule has 52 heavy (non-hydrogen) atoms. The summed E-state index contributed by atoms with van der Waals surface area (Å²) in [6.07, 6.45) is 6.87. The molecule has 9 aromatic rings. The lowest BCUT2D eigenvalue weighted by atomic mass is 9.86. The maximum atomic E-state index is 2.59. The lowest BCUT2D eigenvalue weighted by molar-refractivity contribution is -0.789. The zero-order chi connectivity index (χ0) is 34.8. The van der Waals surface area contributed by atoms with Crippen molar-refractivity contribution in [2.45, 2.75) is 19.0 Å². The molecule has 246 valence electrons. The molecule has 3 nitrogen and oxygen atoms in total. The fraction of sp³-hybridized carbons (Fsp3) is 0.0816. The summed E-state index contributed by atoms with van der Waals surface area (Å²) in [6.45, 7) is 2.24. The number of hydrogen-bond acceptors (Lipinski definition) is 0. The first kappa shape index (κ1) is 30.4. The van der Waals surface area contributed by atoms with Crippen LogP contribution in [-0.4, -0.2) is 0 Å². The van der Waals surface area contributed by atoms with E-state index in [1.165, 1.54) is 82.8 Å². The number of aryl methyl sites for hydroxylation is 2. The van der Waals surface area contributed by atoms with Crippen molar-refractivity contribution in [1.82, 2.24) is 0 Å².